The van der Waals surface area contributed by atoms with Crippen LogP contribution in [0.3, 0.4) is 0 Å². The molecule has 0 aromatic rings. The molecule has 5 nitrogen and oxygen atoms in total. The molecule has 0 heterocycles. The van der Waals surface area contributed by atoms with Crippen LogP contribution in [0.1, 0.15) is 96.8 Å². The first-order valence-electron chi connectivity index (χ1n) is 11.2. The molecule has 2 aliphatic rings. The van der Waals surface area contributed by atoms with Gasteiger partial charge in [-0.25, -0.2) is 4.79 Å². The van der Waals surface area contributed by atoms with Gasteiger partial charge in [-0.3, -0.25) is 4.79 Å². The van der Waals surface area contributed by atoms with Crippen LogP contribution in [0.2, 0.25) is 0 Å². The first-order chi connectivity index (χ1) is 13.3. The molecule has 0 aromatic carbocycles. The molecule has 0 saturated heterocycles. The van der Waals surface area contributed by atoms with Crippen LogP contribution >= 0.6 is 0 Å². The standard InChI is InChI=1S/C23H38O5/c1-2-13-22(15-8-16-22)14-7-5-9-18-11-12-20(24)19(18)10-4-3-6-17-23(27,28)21(25)26/h5,9,18-19,27-28H,2-4,6-8,10-17H2,1H3,(H,25,26)/b9-5+/t18-,19+/m0/s1. The van der Waals surface area contributed by atoms with E-state index in [0.717, 1.165) is 25.7 Å². The second kappa shape index (κ2) is 10.5. The smallest absolute Gasteiger partial charge is 0.364 e. The van der Waals surface area contributed by atoms with Gasteiger partial charge in [-0.1, -0.05) is 44.8 Å². The molecule has 0 bridgehead atoms. The van der Waals surface area contributed by atoms with Crippen molar-refractivity contribution in [3.63, 3.8) is 0 Å². The van der Waals surface area contributed by atoms with Gasteiger partial charge in [0, 0.05) is 18.8 Å². The molecule has 0 amide bonds. The number of unbranched alkanes of at least 4 members (excludes halogenated alkanes) is 2. The molecule has 5 heteroatoms. The molecule has 0 radical (unpaired) electrons. The van der Waals surface area contributed by atoms with Crippen LogP contribution < -0.4 is 0 Å². The number of aliphatic hydroxyl groups is 2. The third-order valence-corrected chi connectivity index (χ3v) is 6.96. The predicted molar refractivity (Wildman–Crippen MR) is 109 cm³/mol. The summed E-state index contributed by atoms with van der Waals surface area (Å²) < 4.78 is 0. The Bertz CT molecular complexity index is 547. The van der Waals surface area contributed by atoms with Gasteiger partial charge >= 0.3 is 5.97 Å². The van der Waals surface area contributed by atoms with Gasteiger partial charge < -0.3 is 15.3 Å². The Morgan fingerprint density at radius 1 is 1.21 bits per heavy atom. The van der Waals surface area contributed by atoms with Gasteiger partial charge in [0.15, 0.2) is 0 Å². The molecular formula is C23H38O5. The van der Waals surface area contributed by atoms with E-state index in [1.54, 1.807) is 0 Å². The van der Waals surface area contributed by atoms with Crippen LogP contribution in [-0.2, 0) is 9.59 Å². The molecule has 2 rings (SSSR count). The zero-order valence-electron chi connectivity index (χ0n) is 17.4. The van der Waals surface area contributed by atoms with Crippen LogP contribution in [0, 0.1) is 17.3 Å². The highest BCUT2D eigenvalue weighted by Crippen LogP contribution is 2.48. The van der Waals surface area contributed by atoms with E-state index < -0.39 is 11.8 Å². The maximum atomic E-state index is 12.2. The Morgan fingerprint density at radius 2 is 1.96 bits per heavy atom. The largest absolute Gasteiger partial charge is 0.477 e. The van der Waals surface area contributed by atoms with E-state index in [9.17, 15) is 19.8 Å². The molecule has 2 saturated carbocycles. The fourth-order valence-corrected chi connectivity index (χ4v) is 5.05. The van der Waals surface area contributed by atoms with Crippen molar-refractivity contribution < 1.29 is 24.9 Å². The molecule has 2 fully saturated rings. The minimum Gasteiger partial charge on any atom is -0.477 e. The topological polar surface area (TPSA) is 94.8 Å². The highest BCUT2D eigenvalue weighted by atomic mass is 16.5. The van der Waals surface area contributed by atoms with Crippen LogP contribution in [0.4, 0.5) is 0 Å². The lowest BCUT2D eigenvalue weighted by molar-refractivity contribution is -0.205. The van der Waals surface area contributed by atoms with Gasteiger partial charge in [-0.05, 0) is 62.7 Å². The van der Waals surface area contributed by atoms with Crippen molar-refractivity contribution in [1.29, 1.82) is 0 Å². The summed E-state index contributed by atoms with van der Waals surface area (Å²) in [4.78, 5) is 22.9. The number of carbonyl (C=O) groups excluding carboxylic acids is 1. The lowest BCUT2D eigenvalue weighted by atomic mass is 9.63. The van der Waals surface area contributed by atoms with Gasteiger partial charge in [-0.2, -0.15) is 0 Å². The molecule has 2 aliphatic carbocycles. The predicted octanol–water partition coefficient (Wildman–Crippen LogP) is 4.60. The van der Waals surface area contributed by atoms with Crippen molar-refractivity contribution >= 4 is 11.8 Å². The lowest BCUT2D eigenvalue weighted by Crippen LogP contribution is -2.37. The van der Waals surface area contributed by atoms with E-state index in [1.165, 1.54) is 38.5 Å². The highest BCUT2D eigenvalue weighted by Gasteiger charge is 2.35. The SMILES string of the molecule is CCCC1(CC/C=C/[C@H]2CCC(=O)[C@@H]2CCCCCC(O)(O)C(=O)O)CCC1. The van der Waals surface area contributed by atoms with Crippen molar-refractivity contribution in [2.75, 3.05) is 0 Å². The number of Topliss-reactive ketones (excluding diaryl/α,β-unsaturated/α-hetero) is 1. The molecule has 0 aromatic heterocycles. The minimum atomic E-state index is -2.63. The zero-order valence-corrected chi connectivity index (χ0v) is 17.4. The number of hydrogen-bond acceptors (Lipinski definition) is 4. The first kappa shape index (κ1) is 23.1. The highest BCUT2D eigenvalue weighted by molar-refractivity contribution is 5.83. The summed E-state index contributed by atoms with van der Waals surface area (Å²) in [5, 5.41) is 27.3. The minimum absolute atomic E-state index is 0.0806. The van der Waals surface area contributed by atoms with Crippen molar-refractivity contribution in [1.82, 2.24) is 0 Å². The lowest BCUT2D eigenvalue weighted by Gasteiger charge is -2.42. The second-order valence-electron chi connectivity index (χ2n) is 9.07. The van der Waals surface area contributed by atoms with Gasteiger partial charge in [0.05, 0.1) is 0 Å². The fraction of sp³-hybridized carbons (Fsp3) is 0.826. The quantitative estimate of drug-likeness (QED) is 0.241. The molecule has 160 valence electrons. The van der Waals surface area contributed by atoms with Gasteiger partial charge in [0.2, 0.25) is 0 Å². The van der Waals surface area contributed by atoms with Gasteiger partial charge in [0.1, 0.15) is 5.78 Å². The molecule has 28 heavy (non-hydrogen) atoms. The number of rotatable bonds is 13. The van der Waals surface area contributed by atoms with Crippen LogP contribution in [0.15, 0.2) is 12.2 Å². The van der Waals surface area contributed by atoms with Crippen molar-refractivity contribution in [2.24, 2.45) is 17.3 Å². The molecule has 0 aliphatic heterocycles. The van der Waals surface area contributed by atoms with E-state index in [-0.39, 0.29) is 12.3 Å². The monoisotopic (exact) mass is 394 g/mol. The Balaban J connectivity index is 1.69. The number of carboxylic acids is 1. The Morgan fingerprint density at radius 3 is 2.57 bits per heavy atom. The third-order valence-electron chi connectivity index (χ3n) is 6.96. The summed E-state index contributed by atoms with van der Waals surface area (Å²) in [5.41, 5.74) is 0.592. The maximum absolute atomic E-state index is 12.2. The van der Waals surface area contributed by atoms with Crippen molar-refractivity contribution in [3.8, 4) is 0 Å². The van der Waals surface area contributed by atoms with E-state index >= 15 is 0 Å². The van der Waals surface area contributed by atoms with Crippen molar-refractivity contribution in [2.45, 2.75) is 103 Å². The summed E-state index contributed by atoms with van der Waals surface area (Å²) in [6.07, 6.45) is 17.9. The number of allylic oxidation sites excluding steroid dienone is 2. The zero-order chi connectivity index (χ0) is 20.6. The summed E-state index contributed by atoms with van der Waals surface area (Å²) in [6, 6.07) is 0. The van der Waals surface area contributed by atoms with Crippen molar-refractivity contribution in [3.05, 3.63) is 12.2 Å². The summed E-state index contributed by atoms with van der Waals surface area (Å²) in [7, 11) is 0. The molecule has 3 N–H and O–H groups in total. The number of ketones is 1. The van der Waals surface area contributed by atoms with E-state index in [2.05, 4.69) is 19.1 Å². The Kier molecular flexibility index (Phi) is 8.69. The average Bonchev–Trinajstić information content (AvgIpc) is 2.95. The number of carbonyl (C=O) groups is 2. The normalized spacial score (nSPS) is 24.6. The fourth-order valence-electron chi connectivity index (χ4n) is 5.05. The third kappa shape index (κ3) is 6.41. The Labute approximate surface area is 169 Å². The Hall–Kier alpha value is -1.20. The van der Waals surface area contributed by atoms with E-state index in [4.69, 9.17) is 5.11 Å². The van der Waals surface area contributed by atoms with E-state index in [0.29, 0.717) is 36.4 Å². The number of carboxylic acid groups (broad SMARTS) is 1. The van der Waals surface area contributed by atoms with Gasteiger partial charge in [0.25, 0.3) is 5.79 Å². The number of hydrogen-bond donors (Lipinski definition) is 3. The van der Waals surface area contributed by atoms with Crippen LogP contribution in [0.5, 0.6) is 0 Å². The van der Waals surface area contributed by atoms with Crippen LogP contribution in [-0.4, -0.2) is 32.9 Å². The maximum Gasteiger partial charge on any atom is 0.364 e. The molecule has 2 atom stereocenters. The number of aliphatic carboxylic acids is 1. The summed E-state index contributed by atoms with van der Waals surface area (Å²) in [5.74, 6) is -3.47. The molecular weight excluding hydrogens is 356 g/mol. The van der Waals surface area contributed by atoms with E-state index in [1.807, 2.05) is 0 Å². The summed E-state index contributed by atoms with van der Waals surface area (Å²) >= 11 is 0. The van der Waals surface area contributed by atoms with Crippen LogP contribution in [0.25, 0.3) is 0 Å². The second-order valence-corrected chi connectivity index (χ2v) is 9.07. The summed E-state index contributed by atoms with van der Waals surface area (Å²) in [6.45, 7) is 2.27. The van der Waals surface area contributed by atoms with Gasteiger partial charge in [-0.15, -0.1) is 0 Å². The molecule has 0 unspecified atom stereocenters. The first-order valence-corrected chi connectivity index (χ1v) is 11.2. The molecule has 0 spiro atoms. The average molecular weight is 395 g/mol.